The van der Waals surface area contributed by atoms with Gasteiger partial charge in [-0.3, -0.25) is 4.79 Å². The minimum absolute atomic E-state index is 0.0197. The van der Waals surface area contributed by atoms with Crippen LogP contribution in [-0.4, -0.2) is 23.8 Å². The summed E-state index contributed by atoms with van der Waals surface area (Å²) < 4.78 is 39.7. The van der Waals surface area contributed by atoms with Crippen molar-refractivity contribution in [3.05, 3.63) is 57.8 Å². The monoisotopic (exact) mass is 365 g/mol. The molecule has 0 N–H and O–H groups in total. The zero-order chi connectivity index (χ0) is 18.2. The van der Waals surface area contributed by atoms with Crippen LogP contribution in [0.3, 0.4) is 0 Å². The third-order valence-electron chi connectivity index (χ3n) is 3.32. The maximum atomic E-state index is 13.2. The lowest BCUT2D eigenvalue weighted by molar-refractivity contribution is -0.255. The fourth-order valence-electron chi connectivity index (χ4n) is 2.18. The van der Waals surface area contributed by atoms with Gasteiger partial charge >= 0.3 is 6.18 Å². The van der Waals surface area contributed by atoms with Crippen LogP contribution in [0.1, 0.15) is 15.2 Å². The molecule has 0 fully saturated rings. The molecule has 2 heterocycles. The first-order chi connectivity index (χ1) is 11.8. The lowest BCUT2D eigenvalue weighted by atomic mass is 10.1. The molecule has 1 aromatic heterocycles. The van der Waals surface area contributed by atoms with Gasteiger partial charge in [0.1, 0.15) is 0 Å². The molecule has 128 valence electrons. The average Bonchev–Trinajstić information content (AvgIpc) is 3.16. The number of aromatic carboxylic acids is 1. The lowest BCUT2D eigenvalue weighted by Crippen LogP contribution is -2.25. The number of hydrogen-bond donors (Lipinski definition) is 0. The van der Waals surface area contributed by atoms with Gasteiger partial charge in [-0.1, -0.05) is 18.2 Å². The van der Waals surface area contributed by atoms with E-state index in [2.05, 4.69) is 5.10 Å². The molecule has 0 saturated carbocycles. The second kappa shape index (κ2) is 6.17. The quantitative estimate of drug-likeness (QED) is 0.785. The molecule has 0 spiro atoms. The van der Waals surface area contributed by atoms with Crippen LogP contribution >= 0.6 is 11.3 Å². The van der Waals surface area contributed by atoms with Crippen molar-refractivity contribution < 1.29 is 27.9 Å². The number of carboxylic acid groups (broad SMARTS) is 1. The largest absolute Gasteiger partial charge is 0.545 e. The lowest BCUT2D eigenvalue weighted by Gasteiger charge is -2.12. The Labute approximate surface area is 143 Å². The zero-order valence-corrected chi connectivity index (χ0v) is 13.1. The molecule has 0 saturated heterocycles. The fraction of sp³-hybridized carbons (Fsp3) is 0.0625. The maximum Gasteiger partial charge on any atom is 0.435 e. The van der Waals surface area contributed by atoms with Crippen molar-refractivity contribution in [2.24, 2.45) is 5.10 Å². The normalized spacial score (nSPS) is 16.4. The van der Waals surface area contributed by atoms with E-state index in [4.69, 9.17) is 0 Å². The SMILES string of the molecule is O=C([O-])c1ccc(N2N=C(C(F)(F)F)/C(=C/c3cccs3)C2=O)cc1. The van der Waals surface area contributed by atoms with Crippen molar-refractivity contribution in [1.82, 2.24) is 0 Å². The molecule has 1 amide bonds. The average molecular weight is 365 g/mol. The molecule has 1 aliphatic rings. The molecule has 1 aliphatic heterocycles. The van der Waals surface area contributed by atoms with Gasteiger partial charge in [0.2, 0.25) is 0 Å². The smallest absolute Gasteiger partial charge is 0.435 e. The molecule has 0 aliphatic carbocycles. The number of nitrogens with zero attached hydrogens (tertiary/aromatic N) is 2. The Bertz CT molecular complexity index is 884. The number of benzene rings is 1. The van der Waals surface area contributed by atoms with Gasteiger partial charge < -0.3 is 9.90 Å². The van der Waals surface area contributed by atoms with Crippen LogP contribution in [0.25, 0.3) is 6.08 Å². The van der Waals surface area contributed by atoms with Crippen LogP contribution in [-0.2, 0) is 4.79 Å². The number of carbonyl (C=O) groups is 2. The summed E-state index contributed by atoms with van der Waals surface area (Å²) in [5.41, 5.74) is -2.01. The number of carbonyl (C=O) groups excluding carboxylic acids is 2. The number of anilines is 1. The summed E-state index contributed by atoms with van der Waals surface area (Å²) in [5.74, 6) is -2.38. The highest BCUT2D eigenvalue weighted by Crippen LogP contribution is 2.33. The summed E-state index contributed by atoms with van der Waals surface area (Å²) in [7, 11) is 0. The van der Waals surface area contributed by atoms with Crippen LogP contribution in [0.2, 0.25) is 0 Å². The predicted octanol–water partition coefficient (Wildman–Crippen LogP) is 2.46. The van der Waals surface area contributed by atoms with Gasteiger partial charge in [-0.25, -0.2) is 0 Å². The van der Waals surface area contributed by atoms with Crippen LogP contribution in [0, 0.1) is 0 Å². The highest BCUT2D eigenvalue weighted by molar-refractivity contribution is 7.10. The number of hydrazone groups is 1. The van der Waals surface area contributed by atoms with Crippen LogP contribution in [0.4, 0.5) is 18.9 Å². The Morgan fingerprint density at radius 2 is 1.88 bits per heavy atom. The van der Waals surface area contributed by atoms with E-state index < -0.39 is 29.3 Å². The maximum absolute atomic E-state index is 13.2. The number of hydrogen-bond acceptors (Lipinski definition) is 5. The molecular formula is C16H8F3N2O3S-. The summed E-state index contributed by atoms with van der Waals surface area (Å²) in [6.07, 6.45) is -3.67. The molecule has 0 atom stereocenters. The second-order valence-electron chi connectivity index (χ2n) is 4.97. The van der Waals surface area contributed by atoms with E-state index in [-0.39, 0.29) is 11.3 Å². The molecular weight excluding hydrogens is 357 g/mol. The molecule has 1 aromatic carbocycles. The molecule has 5 nitrogen and oxygen atoms in total. The Morgan fingerprint density at radius 1 is 1.20 bits per heavy atom. The molecule has 2 aromatic rings. The summed E-state index contributed by atoms with van der Waals surface area (Å²) in [6, 6.07) is 7.86. The summed E-state index contributed by atoms with van der Waals surface area (Å²) in [4.78, 5) is 23.6. The minimum Gasteiger partial charge on any atom is -0.545 e. The number of amides is 1. The van der Waals surface area contributed by atoms with Crippen LogP contribution < -0.4 is 10.1 Å². The van der Waals surface area contributed by atoms with Gasteiger partial charge in [0.05, 0.1) is 17.2 Å². The van der Waals surface area contributed by atoms with Gasteiger partial charge in [-0.05, 0) is 35.2 Å². The van der Waals surface area contributed by atoms with Crippen molar-refractivity contribution in [2.75, 3.05) is 5.01 Å². The first-order valence-electron chi connectivity index (χ1n) is 6.84. The van der Waals surface area contributed by atoms with Crippen LogP contribution in [0.5, 0.6) is 0 Å². The van der Waals surface area contributed by atoms with E-state index in [9.17, 15) is 27.9 Å². The van der Waals surface area contributed by atoms with Gasteiger partial charge in [-0.2, -0.15) is 23.3 Å². The standard InChI is InChI=1S/C16H9F3N2O3S/c17-16(18,19)13-12(8-11-2-1-7-25-11)14(22)21(20-13)10-5-3-9(4-6-10)15(23)24/h1-8H,(H,23,24)/p-1/b12-8-. The molecule has 0 radical (unpaired) electrons. The number of carboxylic acids is 1. The fourth-order valence-corrected chi connectivity index (χ4v) is 2.84. The Morgan fingerprint density at radius 3 is 2.40 bits per heavy atom. The van der Waals surface area contributed by atoms with E-state index in [0.717, 1.165) is 18.2 Å². The Balaban J connectivity index is 2.03. The summed E-state index contributed by atoms with van der Waals surface area (Å²) >= 11 is 1.18. The van der Waals surface area contributed by atoms with E-state index in [0.29, 0.717) is 9.89 Å². The number of thiophene rings is 1. The van der Waals surface area contributed by atoms with Gasteiger partial charge in [0.15, 0.2) is 5.71 Å². The highest BCUT2D eigenvalue weighted by Gasteiger charge is 2.46. The van der Waals surface area contributed by atoms with Crippen molar-refractivity contribution in [3.63, 3.8) is 0 Å². The first kappa shape index (κ1) is 16.9. The second-order valence-corrected chi connectivity index (χ2v) is 5.95. The van der Waals surface area contributed by atoms with E-state index in [1.54, 1.807) is 17.5 Å². The van der Waals surface area contributed by atoms with Crippen molar-refractivity contribution in [2.45, 2.75) is 6.18 Å². The third kappa shape index (κ3) is 3.31. The zero-order valence-electron chi connectivity index (χ0n) is 12.3. The predicted molar refractivity (Wildman–Crippen MR) is 84.0 cm³/mol. The number of halogens is 3. The topological polar surface area (TPSA) is 72.8 Å². The number of alkyl halides is 3. The molecule has 0 bridgehead atoms. The van der Waals surface area contributed by atoms with Crippen molar-refractivity contribution in [1.29, 1.82) is 0 Å². The van der Waals surface area contributed by atoms with Gasteiger partial charge in [0, 0.05) is 4.88 Å². The first-order valence-corrected chi connectivity index (χ1v) is 7.72. The molecule has 0 unspecified atom stereocenters. The minimum atomic E-state index is -4.81. The van der Waals surface area contributed by atoms with Gasteiger partial charge in [-0.15, -0.1) is 11.3 Å². The van der Waals surface area contributed by atoms with E-state index in [1.165, 1.54) is 23.5 Å². The van der Waals surface area contributed by atoms with Gasteiger partial charge in [0.25, 0.3) is 5.91 Å². The van der Waals surface area contributed by atoms with Crippen LogP contribution in [0.15, 0.2) is 52.5 Å². The van der Waals surface area contributed by atoms with Crippen molar-refractivity contribution >= 4 is 40.7 Å². The number of rotatable bonds is 3. The van der Waals surface area contributed by atoms with E-state index >= 15 is 0 Å². The molecule has 25 heavy (non-hydrogen) atoms. The third-order valence-corrected chi connectivity index (χ3v) is 4.14. The summed E-state index contributed by atoms with van der Waals surface area (Å²) in [6.45, 7) is 0. The Hall–Kier alpha value is -2.94. The van der Waals surface area contributed by atoms with Crippen molar-refractivity contribution in [3.8, 4) is 0 Å². The van der Waals surface area contributed by atoms with E-state index in [1.807, 2.05) is 0 Å². The Kier molecular flexibility index (Phi) is 4.17. The summed E-state index contributed by atoms with van der Waals surface area (Å²) in [5, 5.41) is 16.4. The highest BCUT2D eigenvalue weighted by atomic mass is 32.1. The molecule has 9 heteroatoms. The molecule has 3 rings (SSSR count).